The van der Waals surface area contributed by atoms with Crippen molar-refractivity contribution in [3.8, 4) is 11.6 Å². The lowest BCUT2D eigenvalue weighted by molar-refractivity contribution is 0.00783. The molecule has 1 aromatic carbocycles. The number of halogens is 2. The van der Waals surface area contributed by atoms with E-state index in [0.29, 0.717) is 34.8 Å². The molecule has 1 amide bonds. The summed E-state index contributed by atoms with van der Waals surface area (Å²) in [7, 11) is 0. The van der Waals surface area contributed by atoms with Crippen molar-refractivity contribution in [1.82, 2.24) is 14.9 Å². The van der Waals surface area contributed by atoms with Crippen LogP contribution in [0.3, 0.4) is 0 Å². The Balaban J connectivity index is 1.57. The van der Waals surface area contributed by atoms with Crippen molar-refractivity contribution < 1.29 is 14.3 Å². The molecule has 0 atom stereocenters. The van der Waals surface area contributed by atoms with E-state index in [1.54, 1.807) is 29.3 Å². The van der Waals surface area contributed by atoms with Gasteiger partial charge in [0.05, 0.1) is 23.1 Å². The molecule has 1 aliphatic heterocycles. The number of carbonyl (C=O) groups is 1. The van der Waals surface area contributed by atoms with Gasteiger partial charge in [0.15, 0.2) is 0 Å². The summed E-state index contributed by atoms with van der Waals surface area (Å²) in [6, 6.07) is 4.95. The second kappa shape index (κ2) is 7.29. The molecule has 2 heterocycles. The van der Waals surface area contributed by atoms with Crippen LogP contribution in [-0.4, -0.2) is 39.7 Å². The molecule has 3 rings (SSSR count). The topological polar surface area (TPSA) is 64.5 Å². The fraction of sp³-hybridized carbons (Fsp3) is 0.389. The van der Waals surface area contributed by atoms with Crippen molar-refractivity contribution in [2.75, 3.05) is 13.1 Å². The van der Waals surface area contributed by atoms with Gasteiger partial charge in [-0.15, -0.1) is 0 Å². The van der Waals surface area contributed by atoms with Gasteiger partial charge >= 0.3 is 6.09 Å². The maximum Gasteiger partial charge on any atom is 0.410 e. The normalized spacial score (nSPS) is 14.7. The van der Waals surface area contributed by atoms with Gasteiger partial charge in [0.2, 0.25) is 5.88 Å². The summed E-state index contributed by atoms with van der Waals surface area (Å²) >= 11 is 11.9. The molecule has 8 heteroatoms. The van der Waals surface area contributed by atoms with Gasteiger partial charge in [0.1, 0.15) is 11.4 Å². The van der Waals surface area contributed by atoms with Crippen LogP contribution in [0.1, 0.15) is 32.4 Å². The highest BCUT2D eigenvalue weighted by Crippen LogP contribution is 2.31. The van der Waals surface area contributed by atoms with Crippen molar-refractivity contribution >= 4 is 29.3 Å². The van der Waals surface area contributed by atoms with Crippen LogP contribution in [0.25, 0.3) is 0 Å². The summed E-state index contributed by atoms with van der Waals surface area (Å²) in [5, 5.41) is 0.929. The molecule has 1 saturated heterocycles. The summed E-state index contributed by atoms with van der Waals surface area (Å²) in [4.78, 5) is 22.2. The lowest BCUT2D eigenvalue weighted by atomic mass is 9.97. The lowest BCUT2D eigenvalue weighted by Crippen LogP contribution is -2.50. The second-order valence-corrected chi connectivity index (χ2v) is 7.88. The van der Waals surface area contributed by atoms with E-state index in [9.17, 15) is 4.79 Å². The minimum Gasteiger partial charge on any atom is -0.444 e. The molecular weight excluding hydrogens is 377 g/mol. The minimum atomic E-state index is -0.496. The number of hydrogen-bond acceptors (Lipinski definition) is 5. The molecule has 0 spiro atoms. The standard InChI is InChI=1S/C18H19Cl2N3O3/c1-18(2,3)26-17(24)23-9-11(10-23)14-7-22-16(8-21-14)25-15-5-4-12(19)6-13(15)20/h4-8,11H,9-10H2,1-3H3. The van der Waals surface area contributed by atoms with E-state index in [1.165, 1.54) is 6.20 Å². The van der Waals surface area contributed by atoms with Crippen molar-refractivity contribution in [3.05, 3.63) is 46.3 Å². The van der Waals surface area contributed by atoms with Gasteiger partial charge in [-0.3, -0.25) is 4.98 Å². The molecule has 0 saturated carbocycles. The van der Waals surface area contributed by atoms with Crippen LogP contribution in [-0.2, 0) is 4.74 Å². The Morgan fingerprint density at radius 2 is 1.92 bits per heavy atom. The molecule has 1 fully saturated rings. The van der Waals surface area contributed by atoms with Gasteiger partial charge in [-0.1, -0.05) is 23.2 Å². The third-order valence-corrected chi connectivity index (χ3v) is 4.24. The van der Waals surface area contributed by atoms with E-state index in [1.807, 2.05) is 20.8 Å². The van der Waals surface area contributed by atoms with Gasteiger partial charge < -0.3 is 14.4 Å². The van der Waals surface area contributed by atoms with Gasteiger partial charge in [0, 0.05) is 24.0 Å². The fourth-order valence-corrected chi connectivity index (χ4v) is 2.85. The first-order valence-corrected chi connectivity index (χ1v) is 8.89. The molecule has 6 nitrogen and oxygen atoms in total. The zero-order chi connectivity index (χ0) is 18.9. The van der Waals surface area contributed by atoms with Crippen LogP contribution in [0.15, 0.2) is 30.6 Å². The molecule has 0 N–H and O–H groups in total. The average Bonchev–Trinajstić information content (AvgIpc) is 2.48. The monoisotopic (exact) mass is 395 g/mol. The van der Waals surface area contributed by atoms with Crippen molar-refractivity contribution in [2.45, 2.75) is 32.3 Å². The van der Waals surface area contributed by atoms with Crippen LogP contribution in [0.2, 0.25) is 10.0 Å². The highest BCUT2D eigenvalue weighted by Gasteiger charge is 2.35. The summed E-state index contributed by atoms with van der Waals surface area (Å²) in [5.41, 5.74) is 0.309. The molecule has 1 aliphatic rings. The van der Waals surface area contributed by atoms with Crippen molar-refractivity contribution in [3.63, 3.8) is 0 Å². The van der Waals surface area contributed by atoms with Gasteiger partial charge in [-0.25, -0.2) is 9.78 Å². The molecule has 0 unspecified atom stereocenters. The minimum absolute atomic E-state index is 0.142. The van der Waals surface area contributed by atoms with E-state index in [4.69, 9.17) is 32.7 Å². The highest BCUT2D eigenvalue weighted by molar-refractivity contribution is 6.35. The molecule has 138 valence electrons. The summed E-state index contributed by atoms with van der Waals surface area (Å²) in [5.74, 6) is 0.933. The van der Waals surface area contributed by atoms with Crippen molar-refractivity contribution in [2.24, 2.45) is 0 Å². The van der Waals surface area contributed by atoms with E-state index in [2.05, 4.69) is 9.97 Å². The first-order chi connectivity index (χ1) is 12.2. The van der Waals surface area contributed by atoms with E-state index in [-0.39, 0.29) is 12.0 Å². The van der Waals surface area contributed by atoms with E-state index >= 15 is 0 Å². The van der Waals surface area contributed by atoms with Crippen LogP contribution < -0.4 is 4.74 Å². The first kappa shape index (κ1) is 18.7. The number of ether oxygens (including phenoxy) is 2. The number of rotatable bonds is 3. The predicted octanol–water partition coefficient (Wildman–Crippen LogP) is 4.91. The molecule has 0 bridgehead atoms. The Morgan fingerprint density at radius 3 is 2.50 bits per heavy atom. The lowest BCUT2D eigenvalue weighted by Gasteiger charge is -2.39. The Labute approximate surface area is 162 Å². The molecular formula is C18H19Cl2N3O3. The molecule has 26 heavy (non-hydrogen) atoms. The summed E-state index contributed by atoms with van der Waals surface area (Å²) < 4.78 is 11.0. The summed E-state index contributed by atoms with van der Waals surface area (Å²) in [6.07, 6.45) is 2.88. The quantitative estimate of drug-likeness (QED) is 0.738. The molecule has 1 aromatic heterocycles. The zero-order valence-corrected chi connectivity index (χ0v) is 16.2. The number of carbonyl (C=O) groups excluding carboxylic acids is 1. The number of aromatic nitrogens is 2. The van der Waals surface area contributed by atoms with E-state index < -0.39 is 5.60 Å². The average molecular weight is 396 g/mol. The third kappa shape index (κ3) is 4.56. The number of hydrogen-bond donors (Lipinski definition) is 0. The number of amides is 1. The Morgan fingerprint density at radius 1 is 1.19 bits per heavy atom. The number of benzene rings is 1. The predicted molar refractivity (Wildman–Crippen MR) is 99.1 cm³/mol. The first-order valence-electron chi connectivity index (χ1n) is 8.14. The Bertz CT molecular complexity index is 800. The maximum atomic E-state index is 12.0. The fourth-order valence-electron chi connectivity index (χ4n) is 2.40. The SMILES string of the molecule is CC(C)(C)OC(=O)N1CC(c2cnc(Oc3ccc(Cl)cc3Cl)cn2)C1. The van der Waals surface area contributed by atoms with Gasteiger partial charge in [0.25, 0.3) is 0 Å². The van der Waals surface area contributed by atoms with Crippen LogP contribution in [0.4, 0.5) is 4.79 Å². The number of likely N-dealkylation sites (tertiary alicyclic amines) is 1. The number of nitrogens with zero attached hydrogens (tertiary/aromatic N) is 3. The molecule has 0 radical (unpaired) electrons. The molecule has 0 aliphatic carbocycles. The third-order valence-electron chi connectivity index (χ3n) is 3.71. The zero-order valence-electron chi connectivity index (χ0n) is 14.7. The summed E-state index contributed by atoms with van der Waals surface area (Å²) in [6.45, 7) is 6.66. The van der Waals surface area contributed by atoms with Crippen molar-refractivity contribution in [1.29, 1.82) is 0 Å². The highest BCUT2D eigenvalue weighted by atomic mass is 35.5. The van der Waals surface area contributed by atoms with Crippen LogP contribution in [0, 0.1) is 0 Å². The van der Waals surface area contributed by atoms with Crippen LogP contribution >= 0.6 is 23.2 Å². The Hall–Kier alpha value is -2.05. The smallest absolute Gasteiger partial charge is 0.410 e. The van der Waals surface area contributed by atoms with Crippen LogP contribution in [0.5, 0.6) is 11.6 Å². The largest absolute Gasteiger partial charge is 0.444 e. The Kier molecular flexibility index (Phi) is 5.25. The maximum absolute atomic E-state index is 12.0. The molecule has 2 aromatic rings. The van der Waals surface area contributed by atoms with E-state index in [0.717, 1.165) is 5.69 Å². The van der Waals surface area contributed by atoms with Gasteiger partial charge in [-0.05, 0) is 39.0 Å². The van der Waals surface area contributed by atoms with Gasteiger partial charge in [-0.2, -0.15) is 0 Å². The second-order valence-electron chi connectivity index (χ2n) is 7.04.